The highest BCUT2D eigenvalue weighted by Crippen LogP contribution is 2.08. The second kappa shape index (κ2) is 5.75. The fourth-order valence-corrected chi connectivity index (χ4v) is 1.14. The molecule has 1 aromatic rings. The summed E-state index contributed by atoms with van der Waals surface area (Å²) in [7, 11) is 0. The maximum atomic E-state index is 13.1. The van der Waals surface area contributed by atoms with E-state index in [1.54, 1.807) is 0 Å². The lowest BCUT2D eigenvalue weighted by atomic mass is 10.2. The lowest BCUT2D eigenvalue weighted by Crippen LogP contribution is -2.39. The van der Waals surface area contributed by atoms with Crippen molar-refractivity contribution in [3.8, 4) is 0 Å². The third-order valence-electron chi connectivity index (χ3n) is 2.04. The van der Waals surface area contributed by atoms with Gasteiger partial charge >= 0.3 is 0 Å². The second-order valence-electron chi connectivity index (χ2n) is 3.36. The van der Waals surface area contributed by atoms with Crippen molar-refractivity contribution in [2.24, 2.45) is 11.5 Å². The topological polar surface area (TPSA) is 64.1 Å². The Hall–Kier alpha value is -1.04. The van der Waals surface area contributed by atoms with Gasteiger partial charge in [0.2, 0.25) is 0 Å². The van der Waals surface area contributed by atoms with Gasteiger partial charge in [0.25, 0.3) is 0 Å². The fourth-order valence-electron chi connectivity index (χ4n) is 1.14. The predicted molar refractivity (Wildman–Crippen MR) is 55.1 cm³/mol. The molecule has 5 heteroatoms. The van der Waals surface area contributed by atoms with E-state index in [0.29, 0.717) is 25.2 Å². The average Bonchev–Trinajstić information content (AvgIpc) is 2.21. The summed E-state index contributed by atoms with van der Waals surface area (Å²) >= 11 is 0. The number of benzene rings is 1. The zero-order chi connectivity index (χ0) is 11.3. The van der Waals surface area contributed by atoms with E-state index in [-0.39, 0.29) is 6.04 Å². The van der Waals surface area contributed by atoms with Crippen LogP contribution < -0.4 is 16.8 Å². The van der Waals surface area contributed by atoms with E-state index < -0.39 is 11.6 Å². The number of nitrogens with two attached hydrogens (primary N) is 2. The summed E-state index contributed by atoms with van der Waals surface area (Å²) in [4.78, 5) is 0. The van der Waals surface area contributed by atoms with E-state index in [2.05, 4.69) is 5.32 Å². The SMILES string of the molecule is NCC(N)CNCc1ccc(F)cc1F. The minimum Gasteiger partial charge on any atom is -0.329 e. The van der Waals surface area contributed by atoms with Gasteiger partial charge in [-0.25, -0.2) is 8.78 Å². The number of hydrogen-bond acceptors (Lipinski definition) is 3. The Balaban J connectivity index is 2.44. The fraction of sp³-hybridized carbons (Fsp3) is 0.400. The molecule has 0 saturated heterocycles. The van der Waals surface area contributed by atoms with Gasteiger partial charge in [0.15, 0.2) is 0 Å². The van der Waals surface area contributed by atoms with Crippen LogP contribution in [0.2, 0.25) is 0 Å². The summed E-state index contributed by atoms with van der Waals surface area (Å²) in [6.07, 6.45) is 0. The maximum absolute atomic E-state index is 13.1. The van der Waals surface area contributed by atoms with Crippen molar-refractivity contribution in [1.82, 2.24) is 5.32 Å². The van der Waals surface area contributed by atoms with Crippen molar-refractivity contribution >= 4 is 0 Å². The molecule has 15 heavy (non-hydrogen) atoms. The lowest BCUT2D eigenvalue weighted by molar-refractivity contribution is 0.543. The molecule has 0 aliphatic heterocycles. The Bertz CT molecular complexity index is 318. The van der Waals surface area contributed by atoms with Gasteiger partial charge in [-0.15, -0.1) is 0 Å². The summed E-state index contributed by atoms with van der Waals surface area (Å²) in [6.45, 7) is 1.20. The molecule has 3 nitrogen and oxygen atoms in total. The van der Waals surface area contributed by atoms with Gasteiger partial charge in [-0.05, 0) is 6.07 Å². The van der Waals surface area contributed by atoms with E-state index in [1.807, 2.05) is 0 Å². The highest BCUT2D eigenvalue weighted by Gasteiger charge is 2.04. The van der Waals surface area contributed by atoms with Crippen LogP contribution >= 0.6 is 0 Å². The van der Waals surface area contributed by atoms with E-state index >= 15 is 0 Å². The standard InChI is InChI=1S/C10H15F2N3/c11-8-2-1-7(10(12)3-8)5-15-6-9(14)4-13/h1-3,9,15H,4-6,13-14H2. The smallest absolute Gasteiger partial charge is 0.130 e. The molecule has 0 spiro atoms. The average molecular weight is 215 g/mol. The first-order chi connectivity index (χ1) is 7.13. The summed E-state index contributed by atoms with van der Waals surface area (Å²) in [5.74, 6) is -1.13. The zero-order valence-electron chi connectivity index (χ0n) is 8.34. The van der Waals surface area contributed by atoms with E-state index in [1.165, 1.54) is 12.1 Å². The molecule has 0 aliphatic carbocycles. The molecular formula is C10H15F2N3. The Labute approximate surface area is 87.5 Å². The van der Waals surface area contributed by atoms with Crippen LogP contribution in [0.15, 0.2) is 18.2 Å². The third kappa shape index (κ3) is 3.91. The van der Waals surface area contributed by atoms with Crippen LogP contribution in [0, 0.1) is 11.6 Å². The van der Waals surface area contributed by atoms with Gasteiger partial charge in [-0.2, -0.15) is 0 Å². The monoisotopic (exact) mass is 215 g/mol. The zero-order valence-corrected chi connectivity index (χ0v) is 8.34. The molecule has 1 unspecified atom stereocenters. The maximum Gasteiger partial charge on any atom is 0.130 e. The number of rotatable bonds is 5. The van der Waals surface area contributed by atoms with E-state index in [9.17, 15) is 8.78 Å². The molecule has 0 amide bonds. The lowest BCUT2D eigenvalue weighted by Gasteiger charge is -2.10. The second-order valence-corrected chi connectivity index (χ2v) is 3.36. The van der Waals surface area contributed by atoms with Crippen LogP contribution in [0.4, 0.5) is 8.78 Å². The molecule has 1 atom stereocenters. The molecule has 1 rings (SSSR count). The molecule has 0 aromatic heterocycles. The first-order valence-electron chi connectivity index (χ1n) is 4.73. The number of nitrogens with one attached hydrogen (secondary N) is 1. The molecule has 5 N–H and O–H groups in total. The molecule has 1 aromatic carbocycles. The van der Waals surface area contributed by atoms with Gasteiger partial charge in [0, 0.05) is 37.3 Å². The Morgan fingerprint density at radius 3 is 2.67 bits per heavy atom. The Morgan fingerprint density at radius 2 is 2.07 bits per heavy atom. The minimum atomic E-state index is -0.574. The van der Waals surface area contributed by atoms with Crippen molar-refractivity contribution in [2.45, 2.75) is 12.6 Å². The first-order valence-corrected chi connectivity index (χ1v) is 4.73. The molecule has 0 bridgehead atoms. The van der Waals surface area contributed by atoms with Crippen LogP contribution in [0.5, 0.6) is 0 Å². The van der Waals surface area contributed by atoms with Crippen molar-refractivity contribution in [3.63, 3.8) is 0 Å². The molecule has 84 valence electrons. The first kappa shape index (κ1) is 12.0. The van der Waals surface area contributed by atoms with Gasteiger partial charge in [-0.1, -0.05) is 6.07 Å². The molecule has 0 heterocycles. The van der Waals surface area contributed by atoms with E-state index in [4.69, 9.17) is 11.5 Å². The van der Waals surface area contributed by atoms with Gasteiger partial charge in [0.1, 0.15) is 11.6 Å². The number of halogens is 2. The Morgan fingerprint density at radius 1 is 1.33 bits per heavy atom. The molecule has 0 radical (unpaired) electrons. The van der Waals surface area contributed by atoms with Gasteiger partial charge in [0.05, 0.1) is 0 Å². The summed E-state index contributed by atoms with van der Waals surface area (Å²) < 4.78 is 25.7. The van der Waals surface area contributed by atoms with Crippen LogP contribution in [0.25, 0.3) is 0 Å². The largest absolute Gasteiger partial charge is 0.329 e. The van der Waals surface area contributed by atoms with Crippen molar-refractivity contribution in [2.75, 3.05) is 13.1 Å². The molecular weight excluding hydrogens is 200 g/mol. The predicted octanol–water partition coefficient (Wildman–Crippen LogP) is 0.340. The third-order valence-corrected chi connectivity index (χ3v) is 2.04. The molecule has 0 aliphatic rings. The van der Waals surface area contributed by atoms with Crippen molar-refractivity contribution < 1.29 is 8.78 Å². The highest BCUT2D eigenvalue weighted by atomic mass is 19.1. The number of hydrogen-bond donors (Lipinski definition) is 3. The summed E-state index contributed by atoms with van der Waals surface area (Å²) in [6, 6.07) is 3.35. The normalized spacial score (nSPS) is 12.8. The quantitative estimate of drug-likeness (QED) is 0.663. The Kier molecular flexibility index (Phi) is 4.61. The summed E-state index contributed by atoms with van der Waals surface area (Å²) in [5.41, 5.74) is 11.3. The van der Waals surface area contributed by atoms with Crippen LogP contribution in [0.3, 0.4) is 0 Å². The van der Waals surface area contributed by atoms with Gasteiger partial charge in [-0.3, -0.25) is 0 Å². The van der Waals surface area contributed by atoms with Crippen LogP contribution in [-0.4, -0.2) is 19.1 Å². The van der Waals surface area contributed by atoms with Crippen molar-refractivity contribution in [3.05, 3.63) is 35.4 Å². The van der Waals surface area contributed by atoms with Gasteiger partial charge < -0.3 is 16.8 Å². The minimum absolute atomic E-state index is 0.145. The summed E-state index contributed by atoms with van der Waals surface area (Å²) in [5, 5.41) is 2.95. The van der Waals surface area contributed by atoms with Crippen LogP contribution in [0.1, 0.15) is 5.56 Å². The van der Waals surface area contributed by atoms with Crippen LogP contribution in [-0.2, 0) is 6.54 Å². The van der Waals surface area contributed by atoms with E-state index in [0.717, 1.165) is 6.07 Å². The van der Waals surface area contributed by atoms with Crippen molar-refractivity contribution in [1.29, 1.82) is 0 Å². The highest BCUT2D eigenvalue weighted by molar-refractivity contribution is 5.18. The molecule has 0 fully saturated rings. The molecule has 0 saturated carbocycles.